The van der Waals surface area contributed by atoms with E-state index >= 15 is 0 Å². The molecule has 8 heteroatoms. The van der Waals surface area contributed by atoms with E-state index in [1.807, 2.05) is 19.1 Å². The van der Waals surface area contributed by atoms with Gasteiger partial charge in [0.25, 0.3) is 0 Å². The molecule has 162 valence electrons. The lowest BCUT2D eigenvalue weighted by atomic mass is 9.73. The van der Waals surface area contributed by atoms with Gasteiger partial charge in [-0.15, -0.1) is 0 Å². The molecule has 2 N–H and O–H groups in total. The first-order chi connectivity index (χ1) is 14.0. The van der Waals surface area contributed by atoms with Crippen molar-refractivity contribution in [3.8, 4) is 5.88 Å². The zero-order chi connectivity index (χ0) is 20.7. The van der Waals surface area contributed by atoms with Gasteiger partial charge in [-0.3, -0.25) is 0 Å². The molecule has 7 nitrogen and oxygen atoms in total. The van der Waals surface area contributed by atoms with Gasteiger partial charge in [-0.1, -0.05) is 29.2 Å². The average Bonchev–Trinajstić information content (AvgIpc) is 2.74. The highest BCUT2D eigenvalue weighted by Gasteiger charge is 2.40. The van der Waals surface area contributed by atoms with Gasteiger partial charge in [0.05, 0.1) is 12.5 Å². The Morgan fingerprint density at radius 3 is 2.69 bits per heavy atom. The molecule has 2 aliphatic heterocycles. The summed E-state index contributed by atoms with van der Waals surface area (Å²) in [7, 11) is 1.61. The summed E-state index contributed by atoms with van der Waals surface area (Å²) < 4.78 is 5.24. The molecule has 0 spiro atoms. The van der Waals surface area contributed by atoms with Crippen molar-refractivity contribution in [1.82, 2.24) is 15.2 Å². The van der Waals surface area contributed by atoms with Crippen LogP contribution in [0.25, 0.3) is 0 Å². The lowest BCUT2D eigenvalue weighted by Crippen LogP contribution is -2.44. The molecule has 0 radical (unpaired) electrons. The highest BCUT2D eigenvalue weighted by atomic mass is 35.5. The van der Waals surface area contributed by atoms with Gasteiger partial charge in [0, 0.05) is 18.3 Å². The van der Waals surface area contributed by atoms with Gasteiger partial charge in [-0.05, 0) is 64.3 Å². The number of ether oxygens (including phenoxy) is 1. The van der Waals surface area contributed by atoms with Crippen LogP contribution in [-0.4, -0.2) is 72.7 Å². The van der Waals surface area contributed by atoms with E-state index in [1.54, 1.807) is 7.11 Å². The van der Waals surface area contributed by atoms with Crippen LogP contribution in [0.15, 0.2) is 17.3 Å². The summed E-state index contributed by atoms with van der Waals surface area (Å²) in [5.41, 5.74) is 1.49. The predicted octanol–water partition coefficient (Wildman–Crippen LogP) is 2.44. The van der Waals surface area contributed by atoms with E-state index in [0.29, 0.717) is 17.6 Å². The maximum atomic E-state index is 10.3. The van der Waals surface area contributed by atoms with E-state index in [2.05, 4.69) is 20.4 Å². The van der Waals surface area contributed by atoms with Crippen molar-refractivity contribution in [3.63, 3.8) is 0 Å². The fourth-order valence-electron chi connectivity index (χ4n) is 4.36. The van der Waals surface area contributed by atoms with Crippen molar-refractivity contribution in [2.45, 2.75) is 50.5 Å². The molecule has 0 amide bonds. The highest BCUT2D eigenvalue weighted by molar-refractivity contribution is 6.67. The third-order valence-electron chi connectivity index (χ3n) is 5.97. The molecular formula is C21H33ClN4O3. The van der Waals surface area contributed by atoms with Crippen molar-refractivity contribution in [2.24, 2.45) is 5.16 Å². The average molecular weight is 425 g/mol. The molecule has 2 aliphatic rings. The number of pyridine rings is 1. The van der Waals surface area contributed by atoms with E-state index in [4.69, 9.17) is 21.2 Å². The maximum absolute atomic E-state index is 10.3. The standard InChI is InChI=1S/C21H33ClN4O3/c1-16-18(6-7-19(24-16)28-2)21(8-10-23-11-9-21)20(22)25-29-15-17(27)14-26-12-4-3-5-13-26/h6-7,17,23,27H,3-5,8-15H2,1-2H3/b25-20-. The number of likely N-dealkylation sites (tertiary alicyclic amines) is 1. The van der Waals surface area contributed by atoms with Crippen LogP contribution in [0.1, 0.15) is 43.4 Å². The number of methoxy groups -OCH3 is 1. The van der Waals surface area contributed by atoms with E-state index in [-0.39, 0.29) is 6.61 Å². The third kappa shape index (κ3) is 5.60. The minimum Gasteiger partial charge on any atom is -0.481 e. The van der Waals surface area contributed by atoms with Crippen LogP contribution in [-0.2, 0) is 10.3 Å². The molecule has 1 atom stereocenters. The quantitative estimate of drug-likeness (QED) is 0.493. The molecule has 0 bridgehead atoms. The Kier molecular flexibility index (Phi) is 8.12. The zero-order valence-corrected chi connectivity index (χ0v) is 18.2. The summed E-state index contributed by atoms with van der Waals surface area (Å²) in [4.78, 5) is 12.3. The monoisotopic (exact) mass is 424 g/mol. The van der Waals surface area contributed by atoms with Gasteiger partial charge < -0.3 is 24.9 Å². The number of aryl methyl sites for hydroxylation is 1. The van der Waals surface area contributed by atoms with Gasteiger partial charge in [-0.2, -0.15) is 0 Å². The SMILES string of the molecule is COc1ccc(C2(/C(Cl)=N/OCC(O)CN3CCCCC3)CCNCC2)c(C)n1. The van der Waals surface area contributed by atoms with Crippen LogP contribution in [0.5, 0.6) is 5.88 Å². The summed E-state index contributed by atoms with van der Waals surface area (Å²) in [6, 6.07) is 3.88. The highest BCUT2D eigenvalue weighted by Crippen LogP contribution is 2.38. The summed E-state index contributed by atoms with van der Waals surface area (Å²) in [5.74, 6) is 0.584. The number of nitrogens with zero attached hydrogens (tertiary/aromatic N) is 3. The van der Waals surface area contributed by atoms with Crippen molar-refractivity contribution >= 4 is 16.8 Å². The number of aromatic nitrogens is 1. The molecule has 1 unspecified atom stereocenters. The first kappa shape index (κ1) is 22.3. The second-order valence-corrected chi connectivity index (χ2v) is 8.37. The Morgan fingerprint density at radius 1 is 1.31 bits per heavy atom. The van der Waals surface area contributed by atoms with E-state index in [1.165, 1.54) is 19.3 Å². The van der Waals surface area contributed by atoms with Crippen molar-refractivity contribution in [2.75, 3.05) is 46.4 Å². The zero-order valence-electron chi connectivity index (χ0n) is 17.5. The third-order valence-corrected chi connectivity index (χ3v) is 6.40. The number of piperidine rings is 2. The largest absolute Gasteiger partial charge is 0.481 e. The molecule has 3 heterocycles. The van der Waals surface area contributed by atoms with Crippen LogP contribution in [0.4, 0.5) is 0 Å². The van der Waals surface area contributed by atoms with Crippen LogP contribution >= 0.6 is 11.6 Å². The Labute approximate surface area is 178 Å². The topological polar surface area (TPSA) is 79.2 Å². The van der Waals surface area contributed by atoms with Crippen molar-refractivity contribution in [1.29, 1.82) is 0 Å². The van der Waals surface area contributed by atoms with E-state index in [9.17, 15) is 5.11 Å². The van der Waals surface area contributed by atoms with Gasteiger partial charge in [0.2, 0.25) is 5.88 Å². The van der Waals surface area contributed by atoms with Gasteiger partial charge in [-0.25, -0.2) is 4.98 Å². The fraction of sp³-hybridized carbons (Fsp3) is 0.714. The Morgan fingerprint density at radius 2 is 2.03 bits per heavy atom. The summed E-state index contributed by atoms with van der Waals surface area (Å²) in [6.45, 7) is 6.49. The minimum absolute atomic E-state index is 0.140. The molecule has 0 aliphatic carbocycles. The minimum atomic E-state index is -0.574. The molecule has 1 aromatic heterocycles. The number of rotatable bonds is 8. The van der Waals surface area contributed by atoms with E-state index in [0.717, 1.165) is 50.3 Å². The number of hydrogen-bond acceptors (Lipinski definition) is 7. The van der Waals surface area contributed by atoms with Crippen LogP contribution in [0.3, 0.4) is 0 Å². The molecular weight excluding hydrogens is 392 g/mol. The number of halogens is 1. The second kappa shape index (κ2) is 10.6. The maximum Gasteiger partial charge on any atom is 0.213 e. The van der Waals surface area contributed by atoms with Gasteiger partial charge in [0.15, 0.2) is 5.17 Å². The lowest BCUT2D eigenvalue weighted by molar-refractivity contribution is 0.0154. The predicted molar refractivity (Wildman–Crippen MR) is 115 cm³/mol. The Hall–Kier alpha value is -1.41. The van der Waals surface area contributed by atoms with E-state index < -0.39 is 11.5 Å². The molecule has 3 rings (SSSR count). The molecule has 29 heavy (non-hydrogen) atoms. The van der Waals surface area contributed by atoms with Crippen molar-refractivity contribution < 1.29 is 14.7 Å². The summed E-state index contributed by atoms with van der Waals surface area (Å²) in [6.07, 6.45) is 4.72. The Balaban J connectivity index is 1.67. The molecule has 0 aromatic carbocycles. The smallest absolute Gasteiger partial charge is 0.213 e. The number of oxime groups is 1. The normalized spacial score (nSPS) is 21.6. The van der Waals surface area contributed by atoms with Crippen LogP contribution < -0.4 is 10.1 Å². The van der Waals surface area contributed by atoms with Gasteiger partial charge >= 0.3 is 0 Å². The van der Waals surface area contributed by atoms with Gasteiger partial charge in [0.1, 0.15) is 12.7 Å². The molecule has 0 saturated carbocycles. The molecule has 2 saturated heterocycles. The molecule has 1 aromatic rings. The van der Waals surface area contributed by atoms with Crippen LogP contribution in [0, 0.1) is 6.92 Å². The number of aliphatic hydroxyl groups is 1. The first-order valence-electron chi connectivity index (χ1n) is 10.5. The van der Waals surface area contributed by atoms with Crippen LogP contribution in [0.2, 0.25) is 0 Å². The fourth-order valence-corrected chi connectivity index (χ4v) is 4.70. The summed E-state index contributed by atoms with van der Waals surface area (Å²) >= 11 is 6.72. The van der Waals surface area contributed by atoms with Crippen molar-refractivity contribution in [3.05, 3.63) is 23.4 Å². The number of β-amino-alcohol motifs (C(OH)–C–C–N with tert-alkyl or cyclic N) is 1. The second-order valence-electron chi connectivity index (χ2n) is 8.01. The number of aliphatic hydroxyl groups excluding tert-OH is 1. The summed E-state index contributed by atoms with van der Waals surface area (Å²) in [5, 5.41) is 18.3. The lowest BCUT2D eigenvalue weighted by Gasteiger charge is -2.37. The number of hydrogen-bond donors (Lipinski definition) is 2. The molecule has 2 fully saturated rings. The Bertz CT molecular complexity index is 689. The number of nitrogens with one attached hydrogen (secondary N) is 1. The first-order valence-corrected chi connectivity index (χ1v) is 10.9.